The van der Waals surface area contributed by atoms with Gasteiger partial charge in [0.15, 0.2) is 0 Å². The molecule has 0 aromatic rings. The third-order valence-electron chi connectivity index (χ3n) is 3.58. The second-order valence-corrected chi connectivity index (χ2v) is 3.88. The van der Waals surface area contributed by atoms with Crippen LogP contribution < -0.4 is 0 Å². The van der Waals surface area contributed by atoms with Crippen molar-refractivity contribution in [2.75, 3.05) is 0 Å². The lowest BCUT2D eigenvalue weighted by molar-refractivity contribution is 0.0311. The molecule has 3 atom stereocenters. The van der Waals surface area contributed by atoms with Gasteiger partial charge in [-0.25, -0.2) is 0 Å². The summed E-state index contributed by atoms with van der Waals surface area (Å²) in [7, 11) is 0. The number of aliphatic hydroxyl groups excluding tert-OH is 1. The van der Waals surface area contributed by atoms with E-state index in [9.17, 15) is 5.11 Å². The van der Waals surface area contributed by atoms with Crippen LogP contribution in [0.3, 0.4) is 0 Å². The normalized spacial score (nSPS) is 52.4. The van der Waals surface area contributed by atoms with Gasteiger partial charge in [-0.15, -0.1) is 0 Å². The van der Waals surface area contributed by atoms with Crippen LogP contribution in [0.1, 0.15) is 26.2 Å². The first-order valence-electron chi connectivity index (χ1n) is 4.02. The van der Waals surface area contributed by atoms with Gasteiger partial charge in [0.05, 0.1) is 6.10 Å². The molecule has 0 saturated heterocycles. The van der Waals surface area contributed by atoms with Gasteiger partial charge in [0, 0.05) is 5.41 Å². The first-order chi connectivity index (χ1) is 4.65. The van der Waals surface area contributed by atoms with Crippen molar-refractivity contribution >= 4 is 0 Å². The second-order valence-electron chi connectivity index (χ2n) is 3.88. The van der Waals surface area contributed by atoms with Gasteiger partial charge in [0.2, 0.25) is 0 Å². The fourth-order valence-corrected chi connectivity index (χ4v) is 2.46. The minimum Gasteiger partial charge on any atom is -0.392 e. The molecule has 0 amide bonds. The van der Waals surface area contributed by atoms with Gasteiger partial charge >= 0.3 is 0 Å². The summed E-state index contributed by atoms with van der Waals surface area (Å²) in [4.78, 5) is 0. The van der Waals surface area contributed by atoms with E-state index < -0.39 is 0 Å². The van der Waals surface area contributed by atoms with Crippen molar-refractivity contribution in [1.29, 1.82) is 0 Å². The van der Waals surface area contributed by atoms with Crippen molar-refractivity contribution < 1.29 is 5.11 Å². The number of hydrogen-bond donors (Lipinski definition) is 1. The third kappa shape index (κ3) is 0.485. The van der Waals surface area contributed by atoms with Crippen LogP contribution in [0.5, 0.6) is 0 Å². The topological polar surface area (TPSA) is 20.2 Å². The second kappa shape index (κ2) is 1.65. The Hall–Kier alpha value is -0.300. The van der Waals surface area contributed by atoms with Crippen LogP contribution in [0.4, 0.5) is 0 Å². The van der Waals surface area contributed by atoms with E-state index in [4.69, 9.17) is 0 Å². The number of aliphatic hydroxyl groups is 1. The molecule has 2 aliphatic carbocycles. The summed E-state index contributed by atoms with van der Waals surface area (Å²) < 4.78 is 0. The zero-order chi connectivity index (χ0) is 7.35. The summed E-state index contributed by atoms with van der Waals surface area (Å²) in [6.45, 7) is 6.12. The van der Waals surface area contributed by atoms with Crippen LogP contribution in [0.15, 0.2) is 12.2 Å². The van der Waals surface area contributed by atoms with Crippen LogP contribution in [0.25, 0.3) is 0 Å². The molecule has 2 aliphatic rings. The van der Waals surface area contributed by atoms with Crippen molar-refractivity contribution in [3.8, 4) is 0 Å². The SMILES string of the molecule is C=C1CC2CC[C@H](O)[C@]12C. The zero-order valence-corrected chi connectivity index (χ0v) is 6.43. The Morgan fingerprint density at radius 2 is 2.30 bits per heavy atom. The maximum atomic E-state index is 9.59. The highest BCUT2D eigenvalue weighted by Gasteiger charge is 2.54. The largest absolute Gasteiger partial charge is 0.392 e. The number of rotatable bonds is 0. The first-order valence-corrected chi connectivity index (χ1v) is 4.02. The molecule has 0 heterocycles. The predicted octanol–water partition coefficient (Wildman–Crippen LogP) is 1.72. The molecule has 1 nitrogen and oxygen atoms in total. The summed E-state index contributed by atoms with van der Waals surface area (Å²) in [5, 5.41) is 9.59. The molecule has 10 heavy (non-hydrogen) atoms. The molecule has 1 N–H and O–H groups in total. The Morgan fingerprint density at radius 3 is 2.70 bits per heavy atom. The fraction of sp³-hybridized carbons (Fsp3) is 0.778. The highest BCUT2D eigenvalue weighted by molar-refractivity contribution is 5.27. The van der Waals surface area contributed by atoms with Crippen molar-refractivity contribution in [1.82, 2.24) is 0 Å². The first kappa shape index (κ1) is 6.41. The molecule has 0 radical (unpaired) electrons. The van der Waals surface area contributed by atoms with E-state index in [0.29, 0.717) is 0 Å². The molecule has 2 fully saturated rings. The molecule has 1 heteroatoms. The van der Waals surface area contributed by atoms with Crippen LogP contribution in [0, 0.1) is 11.3 Å². The lowest BCUT2D eigenvalue weighted by atomic mass is 9.59. The average molecular weight is 138 g/mol. The van der Waals surface area contributed by atoms with Gasteiger partial charge in [0.25, 0.3) is 0 Å². The van der Waals surface area contributed by atoms with Gasteiger partial charge in [-0.2, -0.15) is 0 Å². The molecule has 0 aromatic heterocycles. The van der Waals surface area contributed by atoms with E-state index in [1.165, 1.54) is 12.0 Å². The van der Waals surface area contributed by atoms with Crippen LogP contribution in [-0.4, -0.2) is 11.2 Å². The molecule has 0 spiro atoms. The van der Waals surface area contributed by atoms with E-state index in [2.05, 4.69) is 13.5 Å². The molecule has 56 valence electrons. The highest BCUT2D eigenvalue weighted by atomic mass is 16.3. The Kier molecular flexibility index (Phi) is 1.06. The van der Waals surface area contributed by atoms with Crippen LogP contribution in [0.2, 0.25) is 0 Å². The Morgan fingerprint density at radius 1 is 1.60 bits per heavy atom. The lowest BCUT2D eigenvalue weighted by Crippen LogP contribution is -2.42. The quantitative estimate of drug-likeness (QED) is 0.505. The van der Waals surface area contributed by atoms with Gasteiger partial charge in [-0.05, 0) is 25.2 Å². The Balaban J connectivity index is 2.29. The molecule has 0 aliphatic heterocycles. The summed E-state index contributed by atoms with van der Waals surface area (Å²) in [5.74, 6) is 0.745. The van der Waals surface area contributed by atoms with Crippen molar-refractivity contribution in [2.45, 2.75) is 32.3 Å². The maximum Gasteiger partial charge on any atom is 0.0633 e. The molecule has 0 bridgehead atoms. The zero-order valence-electron chi connectivity index (χ0n) is 6.43. The van der Waals surface area contributed by atoms with Crippen LogP contribution >= 0.6 is 0 Å². The molecule has 2 saturated carbocycles. The maximum absolute atomic E-state index is 9.59. The number of hydrogen-bond acceptors (Lipinski definition) is 1. The van der Waals surface area contributed by atoms with Gasteiger partial charge in [-0.3, -0.25) is 0 Å². The third-order valence-corrected chi connectivity index (χ3v) is 3.58. The van der Waals surface area contributed by atoms with Crippen molar-refractivity contribution in [2.24, 2.45) is 11.3 Å². The average Bonchev–Trinajstić information content (AvgIpc) is 2.13. The van der Waals surface area contributed by atoms with Crippen molar-refractivity contribution in [3.63, 3.8) is 0 Å². The van der Waals surface area contributed by atoms with Gasteiger partial charge < -0.3 is 5.11 Å². The summed E-state index contributed by atoms with van der Waals surface area (Å²) in [6.07, 6.45) is 3.25. The van der Waals surface area contributed by atoms with E-state index >= 15 is 0 Å². The van der Waals surface area contributed by atoms with E-state index in [1.54, 1.807) is 0 Å². The summed E-state index contributed by atoms with van der Waals surface area (Å²) in [5.41, 5.74) is 1.38. The molecule has 0 aromatic carbocycles. The molecular weight excluding hydrogens is 124 g/mol. The molecule has 1 unspecified atom stereocenters. The van der Waals surface area contributed by atoms with Crippen LogP contribution in [-0.2, 0) is 0 Å². The fourth-order valence-electron chi connectivity index (χ4n) is 2.46. The summed E-state index contributed by atoms with van der Waals surface area (Å²) in [6, 6.07) is 0. The predicted molar refractivity (Wildman–Crippen MR) is 40.6 cm³/mol. The van der Waals surface area contributed by atoms with Crippen molar-refractivity contribution in [3.05, 3.63) is 12.2 Å². The summed E-state index contributed by atoms with van der Waals surface area (Å²) >= 11 is 0. The highest BCUT2D eigenvalue weighted by Crippen LogP contribution is 2.59. The van der Waals surface area contributed by atoms with E-state index in [-0.39, 0.29) is 11.5 Å². The van der Waals surface area contributed by atoms with Gasteiger partial charge in [0.1, 0.15) is 0 Å². The smallest absolute Gasteiger partial charge is 0.0633 e. The Bertz CT molecular complexity index is 177. The van der Waals surface area contributed by atoms with E-state index in [1.807, 2.05) is 0 Å². The minimum atomic E-state index is -0.0984. The molecule has 2 rings (SSSR count). The van der Waals surface area contributed by atoms with Gasteiger partial charge in [-0.1, -0.05) is 19.1 Å². The molecular formula is C9H14O. The number of fused-ring (bicyclic) bond motifs is 1. The standard InChI is InChI=1S/C9H14O/c1-6-5-7-3-4-8(10)9(6,7)2/h7-8,10H,1,3-5H2,2H3/t7?,8-,9+/m0/s1. The minimum absolute atomic E-state index is 0.0984. The van der Waals surface area contributed by atoms with E-state index in [0.717, 1.165) is 18.8 Å². The monoisotopic (exact) mass is 138 g/mol. The lowest BCUT2D eigenvalue weighted by Gasteiger charge is -2.46. The Labute approximate surface area is 61.8 Å².